The van der Waals surface area contributed by atoms with Gasteiger partial charge >= 0.3 is 0 Å². The van der Waals surface area contributed by atoms with Gasteiger partial charge in [0.15, 0.2) is 0 Å². The average Bonchev–Trinajstić information content (AvgIpc) is 2.71. The van der Waals surface area contributed by atoms with Crippen molar-refractivity contribution in [1.82, 2.24) is 15.1 Å². The summed E-state index contributed by atoms with van der Waals surface area (Å²) >= 11 is 0. The van der Waals surface area contributed by atoms with E-state index >= 15 is 0 Å². The summed E-state index contributed by atoms with van der Waals surface area (Å²) in [5, 5.41) is 8.26. The van der Waals surface area contributed by atoms with Gasteiger partial charge in [0.25, 0.3) is 0 Å². The number of rotatable bonds is 6. The van der Waals surface area contributed by atoms with Crippen molar-refractivity contribution >= 4 is 5.82 Å². The normalized spacial score (nSPS) is 19.5. The first kappa shape index (κ1) is 16.3. The van der Waals surface area contributed by atoms with Crippen LogP contribution in [0, 0.1) is 6.92 Å². The zero-order valence-electron chi connectivity index (χ0n) is 14.4. The number of aryl methyl sites for hydroxylation is 2. The van der Waals surface area contributed by atoms with E-state index in [1.165, 1.54) is 55.7 Å². The summed E-state index contributed by atoms with van der Waals surface area (Å²) in [6, 6.07) is 1.20. The molecule has 1 aromatic rings. The predicted molar refractivity (Wildman–Crippen MR) is 89.8 cm³/mol. The largest absolute Gasteiger partial charge is 0.354 e. The summed E-state index contributed by atoms with van der Waals surface area (Å²) < 4.78 is 2.10. The maximum absolute atomic E-state index is 4.69. The Bertz CT molecular complexity index is 448. The summed E-state index contributed by atoms with van der Waals surface area (Å²) in [4.78, 5) is 2.63. The number of nitrogens with zero attached hydrogens (tertiary/aromatic N) is 3. The van der Waals surface area contributed by atoms with Crippen LogP contribution in [0.25, 0.3) is 0 Å². The van der Waals surface area contributed by atoms with E-state index < -0.39 is 0 Å². The highest BCUT2D eigenvalue weighted by Gasteiger charge is 2.27. The second-order valence-electron chi connectivity index (χ2n) is 6.68. The number of nitrogens with one attached hydrogen (secondary N) is 1. The van der Waals surface area contributed by atoms with Gasteiger partial charge in [-0.15, -0.1) is 0 Å². The van der Waals surface area contributed by atoms with Crippen molar-refractivity contribution in [3.05, 3.63) is 11.3 Å². The first-order valence-electron chi connectivity index (χ1n) is 8.57. The molecular formula is C17H32N4. The summed E-state index contributed by atoms with van der Waals surface area (Å²) in [6.45, 7) is 10.9. The van der Waals surface area contributed by atoms with Crippen LogP contribution >= 0.6 is 0 Å². The van der Waals surface area contributed by atoms with Crippen molar-refractivity contribution in [3.63, 3.8) is 0 Å². The Kier molecular flexibility index (Phi) is 5.68. The maximum Gasteiger partial charge on any atom is 0.131 e. The first-order valence-corrected chi connectivity index (χ1v) is 8.57. The van der Waals surface area contributed by atoms with E-state index in [0.29, 0.717) is 12.1 Å². The zero-order valence-corrected chi connectivity index (χ0v) is 14.4. The van der Waals surface area contributed by atoms with Gasteiger partial charge in [-0.25, -0.2) is 0 Å². The minimum atomic E-state index is 0.505. The molecule has 2 rings (SSSR count). The van der Waals surface area contributed by atoms with Gasteiger partial charge in [-0.05, 0) is 32.6 Å². The molecule has 4 nitrogen and oxygen atoms in total. The van der Waals surface area contributed by atoms with Gasteiger partial charge in [0.05, 0.1) is 5.69 Å². The Morgan fingerprint density at radius 1 is 1.33 bits per heavy atom. The number of hydrogen-bond donors (Lipinski definition) is 1. The number of aromatic nitrogens is 2. The van der Waals surface area contributed by atoms with Crippen LogP contribution in [-0.2, 0) is 13.6 Å². The van der Waals surface area contributed by atoms with E-state index in [-0.39, 0.29) is 0 Å². The summed E-state index contributed by atoms with van der Waals surface area (Å²) in [5.74, 6) is 1.35. The molecule has 1 aromatic heterocycles. The lowest BCUT2D eigenvalue weighted by molar-refractivity contribution is 0.425. The van der Waals surface area contributed by atoms with Crippen molar-refractivity contribution in [2.75, 3.05) is 11.4 Å². The second-order valence-corrected chi connectivity index (χ2v) is 6.68. The molecule has 2 heterocycles. The third-order valence-corrected chi connectivity index (χ3v) is 4.52. The van der Waals surface area contributed by atoms with Gasteiger partial charge < -0.3 is 10.2 Å². The van der Waals surface area contributed by atoms with Crippen LogP contribution in [0.4, 0.5) is 5.82 Å². The fourth-order valence-electron chi connectivity index (χ4n) is 3.47. The SMILES string of the molecule is CCCC1CCCCN1c1c(CNC(C)C)c(C)nn1C. The molecule has 0 bridgehead atoms. The van der Waals surface area contributed by atoms with Crippen LogP contribution in [0.1, 0.15) is 64.1 Å². The van der Waals surface area contributed by atoms with E-state index in [4.69, 9.17) is 5.10 Å². The third-order valence-electron chi connectivity index (χ3n) is 4.52. The van der Waals surface area contributed by atoms with Gasteiger partial charge in [-0.2, -0.15) is 5.10 Å². The number of hydrogen-bond acceptors (Lipinski definition) is 3. The van der Waals surface area contributed by atoms with E-state index in [0.717, 1.165) is 6.54 Å². The molecule has 0 aliphatic carbocycles. The smallest absolute Gasteiger partial charge is 0.131 e. The van der Waals surface area contributed by atoms with Gasteiger partial charge in [0.2, 0.25) is 0 Å². The molecule has 1 N–H and O–H groups in total. The highest BCUT2D eigenvalue weighted by molar-refractivity contribution is 5.51. The molecule has 4 heteroatoms. The minimum Gasteiger partial charge on any atom is -0.354 e. The van der Waals surface area contributed by atoms with Crippen LogP contribution in [0.3, 0.4) is 0 Å². The predicted octanol–water partition coefficient (Wildman–Crippen LogP) is 3.39. The van der Waals surface area contributed by atoms with Crippen molar-refractivity contribution in [2.24, 2.45) is 7.05 Å². The lowest BCUT2D eigenvalue weighted by atomic mass is 9.97. The Morgan fingerprint density at radius 3 is 2.76 bits per heavy atom. The molecule has 0 saturated carbocycles. The van der Waals surface area contributed by atoms with Crippen LogP contribution < -0.4 is 10.2 Å². The van der Waals surface area contributed by atoms with E-state index in [1.54, 1.807) is 0 Å². The standard InChI is InChI=1S/C17H32N4/c1-6-9-15-10-7-8-11-21(15)17-16(12-18-13(2)3)14(4)19-20(17)5/h13,15,18H,6-12H2,1-5H3. The number of anilines is 1. The molecule has 0 aromatic carbocycles. The van der Waals surface area contributed by atoms with Gasteiger partial charge in [-0.1, -0.05) is 27.2 Å². The lowest BCUT2D eigenvalue weighted by Gasteiger charge is -2.38. The van der Waals surface area contributed by atoms with Gasteiger partial charge in [-0.3, -0.25) is 4.68 Å². The summed E-state index contributed by atoms with van der Waals surface area (Å²) in [6.07, 6.45) is 6.56. The van der Waals surface area contributed by atoms with E-state index in [1.807, 2.05) is 0 Å². The first-order chi connectivity index (χ1) is 10.0. The van der Waals surface area contributed by atoms with Crippen molar-refractivity contribution in [2.45, 2.75) is 78.4 Å². The van der Waals surface area contributed by atoms with Crippen molar-refractivity contribution in [3.8, 4) is 0 Å². The van der Waals surface area contributed by atoms with Crippen LogP contribution in [0.5, 0.6) is 0 Å². The highest BCUT2D eigenvalue weighted by atomic mass is 15.4. The number of piperidine rings is 1. The molecule has 0 radical (unpaired) electrons. The van der Waals surface area contributed by atoms with Crippen LogP contribution in [0.2, 0.25) is 0 Å². The monoisotopic (exact) mass is 292 g/mol. The Balaban J connectivity index is 2.27. The fraction of sp³-hybridized carbons (Fsp3) is 0.824. The highest BCUT2D eigenvalue weighted by Crippen LogP contribution is 2.31. The molecule has 1 saturated heterocycles. The molecule has 120 valence electrons. The van der Waals surface area contributed by atoms with Gasteiger partial charge in [0, 0.05) is 37.8 Å². The topological polar surface area (TPSA) is 33.1 Å². The Morgan fingerprint density at radius 2 is 2.10 bits per heavy atom. The zero-order chi connectivity index (χ0) is 15.4. The molecule has 0 amide bonds. The summed E-state index contributed by atoms with van der Waals surface area (Å²) in [7, 11) is 2.10. The third kappa shape index (κ3) is 3.79. The minimum absolute atomic E-state index is 0.505. The molecule has 21 heavy (non-hydrogen) atoms. The Labute approximate surface area is 129 Å². The van der Waals surface area contributed by atoms with Crippen LogP contribution in [-0.4, -0.2) is 28.4 Å². The van der Waals surface area contributed by atoms with Crippen molar-refractivity contribution < 1.29 is 0 Å². The quantitative estimate of drug-likeness (QED) is 0.872. The fourth-order valence-corrected chi connectivity index (χ4v) is 3.47. The van der Waals surface area contributed by atoms with E-state index in [9.17, 15) is 0 Å². The average molecular weight is 292 g/mol. The molecule has 1 aliphatic rings. The molecular weight excluding hydrogens is 260 g/mol. The van der Waals surface area contributed by atoms with Gasteiger partial charge in [0.1, 0.15) is 5.82 Å². The molecule has 1 aliphatic heterocycles. The molecule has 1 fully saturated rings. The second kappa shape index (κ2) is 7.30. The maximum atomic E-state index is 4.69. The molecule has 1 unspecified atom stereocenters. The van der Waals surface area contributed by atoms with Crippen molar-refractivity contribution in [1.29, 1.82) is 0 Å². The van der Waals surface area contributed by atoms with Crippen LogP contribution in [0.15, 0.2) is 0 Å². The van der Waals surface area contributed by atoms with E-state index in [2.05, 4.69) is 49.6 Å². The molecule has 1 atom stereocenters. The lowest BCUT2D eigenvalue weighted by Crippen LogP contribution is -2.41. The molecule has 0 spiro atoms. The Hall–Kier alpha value is -1.03. The summed E-state index contributed by atoms with van der Waals surface area (Å²) in [5.41, 5.74) is 2.55.